The third-order valence-corrected chi connectivity index (χ3v) is 4.63. The molecule has 1 heterocycles. The molecule has 23 heavy (non-hydrogen) atoms. The van der Waals surface area contributed by atoms with Gasteiger partial charge in [-0.25, -0.2) is 0 Å². The van der Waals surface area contributed by atoms with Crippen LogP contribution in [0.3, 0.4) is 0 Å². The summed E-state index contributed by atoms with van der Waals surface area (Å²) in [5.74, 6) is 0.601. The molecule has 1 aliphatic carbocycles. The number of para-hydroxylation sites is 1. The Morgan fingerprint density at radius 2 is 2.00 bits per heavy atom. The van der Waals surface area contributed by atoms with Crippen LogP contribution >= 0.6 is 24.0 Å². The fourth-order valence-electron chi connectivity index (χ4n) is 3.45. The minimum Gasteiger partial charge on any atom is -0.370 e. The summed E-state index contributed by atoms with van der Waals surface area (Å²) in [6, 6.07) is 8.95. The minimum atomic E-state index is 0. The zero-order chi connectivity index (χ0) is 15.4. The van der Waals surface area contributed by atoms with Gasteiger partial charge in [-0.3, -0.25) is 4.99 Å². The molecule has 126 valence electrons. The second-order valence-electron chi connectivity index (χ2n) is 6.27. The molecule has 1 aromatic heterocycles. The van der Waals surface area contributed by atoms with Gasteiger partial charge in [0.25, 0.3) is 0 Å². The number of rotatable bonds is 4. The summed E-state index contributed by atoms with van der Waals surface area (Å²) in [6.07, 6.45) is 7.33. The third kappa shape index (κ3) is 4.62. The molecule has 0 atom stereocenters. The molecule has 1 fully saturated rings. The van der Waals surface area contributed by atoms with Gasteiger partial charge in [-0.15, -0.1) is 24.0 Å². The standard InChI is InChI=1S/C18H26N4.HI/c1-13-15(16-9-5-6-10-17(16)21-13)11-12-20-18(19)22-14-7-3-2-4-8-14;/h5-6,9-10,14,21H,2-4,7-8,11-12H2,1H3,(H3,19,20,22);1H. The summed E-state index contributed by atoms with van der Waals surface area (Å²) in [5, 5.41) is 4.67. The smallest absolute Gasteiger partial charge is 0.188 e. The van der Waals surface area contributed by atoms with Gasteiger partial charge >= 0.3 is 0 Å². The maximum Gasteiger partial charge on any atom is 0.188 e. The summed E-state index contributed by atoms with van der Waals surface area (Å²) in [7, 11) is 0. The van der Waals surface area contributed by atoms with Crippen molar-refractivity contribution < 1.29 is 0 Å². The number of aromatic amines is 1. The molecule has 4 N–H and O–H groups in total. The number of aliphatic imine (C=N–C) groups is 1. The highest BCUT2D eigenvalue weighted by molar-refractivity contribution is 14.0. The van der Waals surface area contributed by atoms with Crippen LogP contribution in [-0.4, -0.2) is 23.5 Å². The van der Waals surface area contributed by atoms with E-state index in [0.717, 1.165) is 13.0 Å². The Morgan fingerprint density at radius 1 is 1.26 bits per heavy atom. The van der Waals surface area contributed by atoms with Crippen molar-refractivity contribution in [2.24, 2.45) is 10.7 Å². The molecule has 4 nitrogen and oxygen atoms in total. The van der Waals surface area contributed by atoms with Crippen LogP contribution in [0.5, 0.6) is 0 Å². The number of hydrogen-bond acceptors (Lipinski definition) is 1. The number of fused-ring (bicyclic) bond motifs is 1. The first kappa shape index (κ1) is 18.1. The molecular formula is C18H27IN4. The Balaban J connectivity index is 0.00000192. The second kappa shape index (κ2) is 8.57. The molecule has 3 rings (SSSR count). The Hall–Kier alpha value is -1.24. The molecule has 0 amide bonds. The average Bonchev–Trinajstić information content (AvgIpc) is 2.84. The van der Waals surface area contributed by atoms with Crippen molar-refractivity contribution in [1.29, 1.82) is 0 Å². The molecule has 0 spiro atoms. The molecule has 0 unspecified atom stereocenters. The summed E-state index contributed by atoms with van der Waals surface area (Å²) in [6.45, 7) is 2.86. The van der Waals surface area contributed by atoms with Crippen molar-refractivity contribution in [2.45, 2.75) is 51.5 Å². The predicted octanol–water partition coefficient (Wildman–Crippen LogP) is 3.87. The molecule has 0 saturated heterocycles. The predicted molar refractivity (Wildman–Crippen MR) is 109 cm³/mol. The maximum atomic E-state index is 6.03. The lowest BCUT2D eigenvalue weighted by molar-refractivity contribution is 0.412. The van der Waals surface area contributed by atoms with Gasteiger partial charge < -0.3 is 16.0 Å². The number of halogens is 1. The average molecular weight is 426 g/mol. The zero-order valence-electron chi connectivity index (χ0n) is 13.8. The number of nitrogens with one attached hydrogen (secondary N) is 2. The fourth-order valence-corrected chi connectivity index (χ4v) is 3.45. The van der Waals surface area contributed by atoms with Crippen molar-refractivity contribution >= 4 is 40.8 Å². The highest BCUT2D eigenvalue weighted by Crippen LogP contribution is 2.22. The van der Waals surface area contributed by atoms with E-state index in [1.807, 2.05) is 0 Å². The van der Waals surface area contributed by atoms with Crippen LogP contribution in [0.2, 0.25) is 0 Å². The number of nitrogens with zero attached hydrogens (tertiary/aromatic N) is 1. The van der Waals surface area contributed by atoms with E-state index in [-0.39, 0.29) is 24.0 Å². The Kier molecular flexibility index (Phi) is 6.74. The van der Waals surface area contributed by atoms with E-state index in [1.54, 1.807) is 0 Å². The number of aryl methyl sites for hydroxylation is 1. The topological polar surface area (TPSA) is 66.2 Å². The van der Waals surface area contributed by atoms with Crippen LogP contribution < -0.4 is 11.1 Å². The molecule has 0 aliphatic heterocycles. The molecule has 2 aromatic rings. The summed E-state index contributed by atoms with van der Waals surface area (Å²) >= 11 is 0. The van der Waals surface area contributed by atoms with Crippen LogP contribution in [0, 0.1) is 6.92 Å². The van der Waals surface area contributed by atoms with Crippen LogP contribution in [-0.2, 0) is 6.42 Å². The van der Waals surface area contributed by atoms with Gasteiger partial charge in [-0.2, -0.15) is 0 Å². The highest BCUT2D eigenvalue weighted by Gasteiger charge is 2.13. The fraction of sp³-hybridized carbons (Fsp3) is 0.500. The summed E-state index contributed by atoms with van der Waals surface area (Å²) in [4.78, 5) is 7.95. The van der Waals surface area contributed by atoms with Gasteiger partial charge in [-0.1, -0.05) is 37.5 Å². The van der Waals surface area contributed by atoms with E-state index < -0.39 is 0 Å². The Morgan fingerprint density at radius 3 is 2.78 bits per heavy atom. The molecule has 1 aliphatic rings. The van der Waals surface area contributed by atoms with Crippen LogP contribution in [0.15, 0.2) is 29.3 Å². The SMILES string of the molecule is Cc1[nH]c2ccccc2c1CCN=C(N)NC1CCCCC1.I. The first-order chi connectivity index (χ1) is 10.7. The summed E-state index contributed by atoms with van der Waals surface area (Å²) < 4.78 is 0. The van der Waals surface area contributed by atoms with Gasteiger partial charge in [0, 0.05) is 29.2 Å². The first-order valence-corrected chi connectivity index (χ1v) is 8.36. The van der Waals surface area contributed by atoms with Gasteiger partial charge in [0.15, 0.2) is 5.96 Å². The van der Waals surface area contributed by atoms with Crippen LogP contribution in [0.25, 0.3) is 10.9 Å². The van der Waals surface area contributed by atoms with Crippen molar-refractivity contribution in [3.05, 3.63) is 35.5 Å². The van der Waals surface area contributed by atoms with E-state index in [0.29, 0.717) is 12.0 Å². The number of nitrogens with two attached hydrogens (primary N) is 1. The van der Waals surface area contributed by atoms with Gasteiger partial charge in [-0.05, 0) is 37.8 Å². The normalized spacial score (nSPS) is 16.3. The second-order valence-corrected chi connectivity index (χ2v) is 6.27. The minimum absolute atomic E-state index is 0. The lowest BCUT2D eigenvalue weighted by atomic mass is 9.96. The Labute approximate surface area is 155 Å². The van der Waals surface area contributed by atoms with Crippen molar-refractivity contribution in [3.8, 4) is 0 Å². The van der Waals surface area contributed by atoms with Crippen molar-refractivity contribution in [3.63, 3.8) is 0 Å². The lowest BCUT2D eigenvalue weighted by Gasteiger charge is -2.23. The molecule has 1 saturated carbocycles. The molecule has 0 radical (unpaired) electrons. The molecule has 5 heteroatoms. The number of H-pyrrole nitrogens is 1. The number of guanidine groups is 1. The summed E-state index contributed by atoms with van der Waals surface area (Å²) in [5.41, 5.74) is 9.81. The van der Waals surface area contributed by atoms with E-state index in [9.17, 15) is 0 Å². The van der Waals surface area contributed by atoms with Crippen LogP contribution in [0.1, 0.15) is 43.4 Å². The van der Waals surface area contributed by atoms with E-state index in [4.69, 9.17) is 5.73 Å². The number of hydrogen-bond donors (Lipinski definition) is 3. The molecule has 1 aromatic carbocycles. The zero-order valence-corrected chi connectivity index (χ0v) is 16.1. The van der Waals surface area contributed by atoms with Gasteiger partial charge in [0.2, 0.25) is 0 Å². The van der Waals surface area contributed by atoms with Gasteiger partial charge in [0.1, 0.15) is 0 Å². The van der Waals surface area contributed by atoms with Crippen molar-refractivity contribution in [1.82, 2.24) is 10.3 Å². The number of aromatic nitrogens is 1. The van der Waals surface area contributed by atoms with Crippen molar-refractivity contribution in [2.75, 3.05) is 6.54 Å². The Bertz CT molecular complexity index is 656. The largest absolute Gasteiger partial charge is 0.370 e. The number of benzene rings is 1. The highest BCUT2D eigenvalue weighted by atomic mass is 127. The first-order valence-electron chi connectivity index (χ1n) is 8.36. The van der Waals surface area contributed by atoms with E-state index >= 15 is 0 Å². The van der Waals surface area contributed by atoms with Gasteiger partial charge in [0.05, 0.1) is 0 Å². The van der Waals surface area contributed by atoms with E-state index in [1.165, 1.54) is 54.3 Å². The van der Waals surface area contributed by atoms with E-state index in [2.05, 4.69) is 46.5 Å². The quantitative estimate of drug-likeness (QED) is 0.395. The maximum absolute atomic E-state index is 6.03. The van der Waals surface area contributed by atoms with Crippen LogP contribution in [0.4, 0.5) is 0 Å². The third-order valence-electron chi connectivity index (χ3n) is 4.63. The lowest BCUT2D eigenvalue weighted by Crippen LogP contribution is -2.41. The monoisotopic (exact) mass is 426 g/mol. The molecule has 0 bridgehead atoms. The molecular weight excluding hydrogens is 399 g/mol.